The van der Waals surface area contributed by atoms with Crippen molar-refractivity contribution in [3.63, 3.8) is 0 Å². The van der Waals surface area contributed by atoms with E-state index in [0.29, 0.717) is 11.4 Å². The first kappa shape index (κ1) is 11.1. The van der Waals surface area contributed by atoms with E-state index in [4.69, 9.17) is 15.2 Å². The van der Waals surface area contributed by atoms with Crippen LogP contribution in [0.4, 0.5) is 5.69 Å². The maximum atomic E-state index is 11.0. The second kappa shape index (κ2) is 5.70. The summed E-state index contributed by atoms with van der Waals surface area (Å²) in [6.07, 6.45) is 1.50. The fourth-order valence-corrected chi connectivity index (χ4v) is 0.940. The topological polar surface area (TPSA) is 61.5 Å². The second-order valence-corrected chi connectivity index (χ2v) is 2.83. The summed E-state index contributed by atoms with van der Waals surface area (Å²) in [5.74, 6) is 0.114. The number of esters is 1. The van der Waals surface area contributed by atoms with E-state index in [2.05, 4.69) is 6.58 Å². The van der Waals surface area contributed by atoms with Crippen LogP contribution in [0.3, 0.4) is 0 Å². The number of hydrogen-bond donors (Lipinski definition) is 1. The summed E-state index contributed by atoms with van der Waals surface area (Å²) in [5.41, 5.74) is 6.13. The third-order valence-electron chi connectivity index (χ3n) is 1.58. The van der Waals surface area contributed by atoms with Crippen molar-refractivity contribution in [2.75, 3.05) is 18.9 Å². The van der Waals surface area contributed by atoms with E-state index in [0.717, 1.165) is 0 Å². The molecule has 0 atom stereocenters. The molecule has 0 unspecified atom stereocenters. The molecule has 0 aliphatic rings. The van der Waals surface area contributed by atoms with Crippen LogP contribution in [0.15, 0.2) is 36.9 Å². The van der Waals surface area contributed by atoms with Gasteiger partial charge in [0.2, 0.25) is 0 Å². The Morgan fingerprint density at radius 2 is 2.33 bits per heavy atom. The van der Waals surface area contributed by atoms with E-state index in [-0.39, 0.29) is 13.2 Å². The second-order valence-electron chi connectivity index (χ2n) is 2.83. The van der Waals surface area contributed by atoms with E-state index >= 15 is 0 Å². The molecule has 1 aromatic rings. The predicted octanol–water partition coefficient (Wildman–Crippen LogP) is 1.38. The average molecular weight is 207 g/mol. The molecule has 0 radical (unpaired) electrons. The van der Waals surface area contributed by atoms with Crippen LogP contribution < -0.4 is 10.5 Å². The molecule has 0 bridgehead atoms. The SMILES string of the molecule is C=CCOC(=O)COc1cccc(N)c1. The van der Waals surface area contributed by atoms with Gasteiger partial charge in [0.25, 0.3) is 0 Å². The van der Waals surface area contributed by atoms with Crippen molar-refractivity contribution in [3.8, 4) is 5.75 Å². The molecule has 0 spiro atoms. The molecule has 80 valence electrons. The van der Waals surface area contributed by atoms with Gasteiger partial charge >= 0.3 is 5.97 Å². The van der Waals surface area contributed by atoms with Gasteiger partial charge in [-0.2, -0.15) is 0 Å². The Bertz CT molecular complexity index is 349. The summed E-state index contributed by atoms with van der Waals surface area (Å²) >= 11 is 0. The van der Waals surface area contributed by atoms with Crippen molar-refractivity contribution >= 4 is 11.7 Å². The molecule has 0 amide bonds. The zero-order chi connectivity index (χ0) is 11.1. The lowest BCUT2D eigenvalue weighted by Crippen LogP contribution is -2.14. The van der Waals surface area contributed by atoms with Crippen molar-refractivity contribution in [2.24, 2.45) is 0 Å². The molecule has 0 heterocycles. The summed E-state index contributed by atoms with van der Waals surface area (Å²) in [7, 11) is 0. The fraction of sp³-hybridized carbons (Fsp3) is 0.182. The van der Waals surface area contributed by atoms with E-state index < -0.39 is 5.97 Å². The number of carbonyl (C=O) groups excluding carboxylic acids is 1. The quantitative estimate of drug-likeness (QED) is 0.450. The lowest BCUT2D eigenvalue weighted by molar-refractivity contribution is -0.144. The van der Waals surface area contributed by atoms with E-state index in [1.165, 1.54) is 6.08 Å². The molecular formula is C11H13NO3. The number of rotatable bonds is 5. The summed E-state index contributed by atoms with van der Waals surface area (Å²) in [6.45, 7) is 3.49. The molecule has 0 saturated heterocycles. The molecular weight excluding hydrogens is 194 g/mol. The first-order valence-electron chi connectivity index (χ1n) is 4.47. The zero-order valence-corrected chi connectivity index (χ0v) is 8.31. The van der Waals surface area contributed by atoms with Crippen LogP contribution in [0.25, 0.3) is 0 Å². The van der Waals surface area contributed by atoms with Gasteiger partial charge in [-0.3, -0.25) is 0 Å². The van der Waals surface area contributed by atoms with Gasteiger partial charge < -0.3 is 15.2 Å². The van der Waals surface area contributed by atoms with Gasteiger partial charge in [-0.15, -0.1) is 0 Å². The van der Waals surface area contributed by atoms with Crippen molar-refractivity contribution in [3.05, 3.63) is 36.9 Å². The molecule has 2 N–H and O–H groups in total. The van der Waals surface area contributed by atoms with Gasteiger partial charge in [0, 0.05) is 11.8 Å². The van der Waals surface area contributed by atoms with Crippen LogP contribution in [0.5, 0.6) is 5.75 Å². The zero-order valence-electron chi connectivity index (χ0n) is 8.31. The van der Waals surface area contributed by atoms with E-state index in [1.807, 2.05) is 0 Å². The van der Waals surface area contributed by atoms with Gasteiger partial charge in [0.05, 0.1) is 0 Å². The Morgan fingerprint density at radius 1 is 1.53 bits per heavy atom. The highest BCUT2D eigenvalue weighted by Crippen LogP contribution is 2.14. The number of nitrogen functional groups attached to an aromatic ring is 1. The van der Waals surface area contributed by atoms with Crippen molar-refractivity contribution in [1.29, 1.82) is 0 Å². The highest BCUT2D eigenvalue weighted by Gasteiger charge is 2.02. The molecule has 0 aliphatic carbocycles. The highest BCUT2D eigenvalue weighted by atomic mass is 16.6. The summed E-state index contributed by atoms with van der Waals surface area (Å²) in [6, 6.07) is 6.85. The van der Waals surface area contributed by atoms with Gasteiger partial charge in [-0.1, -0.05) is 18.7 Å². The largest absolute Gasteiger partial charge is 0.482 e. The third-order valence-corrected chi connectivity index (χ3v) is 1.58. The molecule has 0 aliphatic heterocycles. The van der Waals surface area contributed by atoms with Crippen LogP contribution in [-0.2, 0) is 9.53 Å². The summed E-state index contributed by atoms with van der Waals surface area (Å²) in [5, 5.41) is 0. The minimum atomic E-state index is -0.433. The van der Waals surface area contributed by atoms with Gasteiger partial charge in [-0.25, -0.2) is 4.79 Å². The van der Waals surface area contributed by atoms with Crippen LogP contribution in [0.1, 0.15) is 0 Å². The highest BCUT2D eigenvalue weighted by molar-refractivity contribution is 5.71. The Hall–Kier alpha value is -1.97. The van der Waals surface area contributed by atoms with Crippen LogP contribution in [0, 0.1) is 0 Å². The minimum absolute atomic E-state index is 0.128. The Kier molecular flexibility index (Phi) is 4.22. The third kappa shape index (κ3) is 4.17. The van der Waals surface area contributed by atoms with Crippen LogP contribution in [0.2, 0.25) is 0 Å². The predicted molar refractivity (Wildman–Crippen MR) is 57.5 cm³/mol. The molecule has 15 heavy (non-hydrogen) atoms. The Morgan fingerprint density at radius 3 is 3.00 bits per heavy atom. The maximum Gasteiger partial charge on any atom is 0.344 e. The number of nitrogens with two attached hydrogens (primary N) is 1. The molecule has 4 nitrogen and oxygen atoms in total. The first-order chi connectivity index (χ1) is 7.22. The maximum absolute atomic E-state index is 11.0. The average Bonchev–Trinajstić information content (AvgIpc) is 2.23. The molecule has 0 fully saturated rings. The molecule has 1 aromatic carbocycles. The monoisotopic (exact) mass is 207 g/mol. The van der Waals surface area contributed by atoms with E-state index in [1.54, 1.807) is 24.3 Å². The lowest BCUT2D eigenvalue weighted by atomic mass is 10.3. The Labute approximate surface area is 88.3 Å². The van der Waals surface area contributed by atoms with Crippen molar-refractivity contribution in [1.82, 2.24) is 0 Å². The number of anilines is 1. The van der Waals surface area contributed by atoms with Gasteiger partial charge in [-0.05, 0) is 12.1 Å². The smallest absolute Gasteiger partial charge is 0.344 e. The van der Waals surface area contributed by atoms with Crippen molar-refractivity contribution < 1.29 is 14.3 Å². The number of hydrogen-bond acceptors (Lipinski definition) is 4. The standard InChI is InChI=1S/C11H13NO3/c1-2-6-14-11(13)8-15-10-5-3-4-9(12)7-10/h2-5,7H,1,6,8,12H2. The Balaban J connectivity index is 2.36. The molecule has 4 heteroatoms. The minimum Gasteiger partial charge on any atom is -0.482 e. The summed E-state index contributed by atoms with van der Waals surface area (Å²) in [4.78, 5) is 11.0. The molecule has 1 rings (SSSR count). The fourth-order valence-electron chi connectivity index (χ4n) is 0.940. The number of ether oxygens (including phenoxy) is 2. The lowest BCUT2D eigenvalue weighted by Gasteiger charge is -2.05. The van der Waals surface area contributed by atoms with E-state index in [9.17, 15) is 4.79 Å². The van der Waals surface area contributed by atoms with Crippen molar-refractivity contribution in [2.45, 2.75) is 0 Å². The van der Waals surface area contributed by atoms with Crippen LogP contribution in [-0.4, -0.2) is 19.2 Å². The number of carbonyl (C=O) groups is 1. The summed E-state index contributed by atoms with van der Waals surface area (Å²) < 4.78 is 9.89. The first-order valence-corrected chi connectivity index (χ1v) is 4.47. The number of benzene rings is 1. The van der Waals surface area contributed by atoms with Gasteiger partial charge in [0.1, 0.15) is 12.4 Å². The molecule has 0 aromatic heterocycles. The van der Waals surface area contributed by atoms with Crippen LogP contribution >= 0.6 is 0 Å². The van der Waals surface area contributed by atoms with Gasteiger partial charge in [0.15, 0.2) is 6.61 Å². The molecule has 0 saturated carbocycles. The normalized spacial score (nSPS) is 9.33.